The molecule has 0 aromatic heterocycles. The predicted octanol–water partition coefficient (Wildman–Crippen LogP) is 0.604. The van der Waals surface area contributed by atoms with Crippen molar-refractivity contribution in [2.45, 2.75) is 44.8 Å². The normalized spacial score (nSPS) is 30.7. The largest absolute Gasteiger partial charge is 0.395 e. The van der Waals surface area contributed by atoms with E-state index in [0.29, 0.717) is 0 Å². The Labute approximate surface area is 80.4 Å². The number of hydrogen-bond acceptors (Lipinski definition) is 3. The van der Waals surface area contributed by atoms with E-state index in [4.69, 9.17) is 5.11 Å². The summed E-state index contributed by atoms with van der Waals surface area (Å²) in [4.78, 5) is 2.30. The third kappa shape index (κ3) is 3.25. The minimum Gasteiger partial charge on any atom is -0.395 e. The van der Waals surface area contributed by atoms with Gasteiger partial charge in [0, 0.05) is 12.6 Å². The first-order valence-corrected chi connectivity index (χ1v) is 5.31. The minimum absolute atomic E-state index is 0.181. The summed E-state index contributed by atoms with van der Waals surface area (Å²) in [6, 6.07) is 0.190. The summed E-state index contributed by atoms with van der Waals surface area (Å²) in [5.74, 6) is 0. The van der Waals surface area contributed by atoms with Crippen molar-refractivity contribution in [2.75, 3.05) is 19.7 Å². The third-order valence-electron chi connectivity index (χ3n) is 2.82. The summed E-state index contributed by atoms with van der Waals surface area (Å²) in [7, 11) is 0. The fourth-order valence-corrected chi connectivity index (χ4v) is 1.92. The van der Waals surface area contributed by atoms with Crippen molar-refractivity contribution in [1.29, 1.82) is 0 Å². The van der Waals surface area contributed by atoms with E-state index in [9.17, 15) is 5.11 Å². The van der Waals surface area contributed by atoms with Crippen molar-refractivity contribution >= 4 is 0 Å². The van der Waals surface area contributed by atoms with Gasteiger partial charge < -0.3 is 10.2 Å². The summed E-state index contributed by atoms with van der Waals surface area (Å²) < 4.78 is 0. The van der Waals surface area contributed by atoms with Crippen LogP contribution in [0, 0.1) is 0 Å². The molecule has 0 aromatic carbocycles. The second kappa shape index (κ2) is 5.58. The molecule has 1 aliphatic rings. The van der Waals surface area contributed by atoms with Crippen molar-refractivity contribution in [3.63, 3.8) is 0 Å². The van der Waals surface area contributed by atoms with Crippen molar-refractivity contribution < 1.29 is 10.2 Å². The maximum Gasteiger partial charge on any atom is 0.0587 e. The van der Waals surface area contributed by atoms with Gasteiger partial charge in [-0.1, -0.05) is 13.3 Å². The first-order valence-electron chi connectivity index (χ1n) is 5.31. The van der Waals surface area contributed by atoms with Crippen LogP contribution in [0.15, 0.2) is 0 Å². The number of aliphatic hydroxyl groups excluding tert-OH is 2. The van der Waals surface area contributed by atoms with Gasteiger partial charge in [-0.15, -0.1) is 0 Å². The van der Waals surface area contributed by atoms with Crippen LogP contribution in [-0.4, -0.2) is 47.0 Å². The van der Waals surface area contributed by atoms with Crippen LogP contribution in [0.5, 0.6) is 0 Å². The van der Waals surface area contributed by atoms with Gasteiger partial charge in [0.15, 0.2) is 0 Å². The van der Waals surface area contributed by atoms with Crippen LogP contribution in [0.25, 0.3) is 0 Å². The van der Waals surface area contributed by atoms with E-state index in [1.54, 1.807) is 0 Å². The van der Waals surface area contributed by atoms with Crippen LogP contribution in [0.1, 0.15) is 32.6 Å². The zero-order chi connectivity index (χ0) is 9.68. The average molecular weight is 187 g/mol. The highest BCUT2D eigenvalue weighted by Gasteiger charge is 2.25. The molecule has 1 unspecified atom stereocenters. The Kier molecular flexibility index (Phi) is 4.70. The zero-order valence-electron chi connectivity index (χ0n) is 8.45. The van der Waals surface area contributed by atoms with Gasteiger partial charge in [0.25, 0.3) is 0 Å². The number of aliphatic hydroxyl groups is 2. The van der Waals surface area contributed by atoms with Gasteiger partial charge in [0.1, 0.15) is 0 Å². The SMILES string of the molecule is CCCCN1CC[C@@H](O)CC1CO. The molecule has 0 bridgehead atoms. The predicted molar refractivity (Wildman–Crippen MR) is 52.6 cm³/mol. The molecule has 0 aliphatic carbocycles. The van der Waals surface area contributed by atoms with Crippen molar-refractivity contribution in [3.05, 3.63) is 0 Å². The lowest BCUT2D eigenvalue weighted by Crippen LogP contribution is -2.46. The molecule has 0 aromatic rings. The second-order valence-corrected chi connectivity index (χ2v) is 3.90. The van der Waals surface area contributed by atoms with Gasteiger partial charge in [-0.3, -0.25) is 4.90 Å². The summed E-state index contributed by atoms with van der Waals surface area (Å²) in [5.41, 5.74) is 0. The van der Waals surface area contributed by atoms with Crippen LogP contribution < -0.4 is 0 Å². The molecule has 1 fully saturated rings. The molecule has 2 atom stereocenters. The van der Waals surface area contributed by atoms with E-state index in [1.165, 1.54) is 12.8 Å². The lowest BCUT2D eigenvalue weighted by atomic mass is 10.00. The van der Waals surface area contributed by atoms with E-state index in [1.807, 2.05) is 0 Å². The molecule has 3 heteroatoms. The molecule has 0 spiro atoms. The van der Waals surface area contributed by atoms with E-state index in [2.05, 4.69) is 11.8 Å². The lowest BCUT2D eigenvalue weighted by Gasteiger charge is -2.36. The smallest absolute Gasteiger partial charge is 0.0587 e. The average Bonchev–Trinajstić information content (AvgIpc) is 2.16. The maximum atomic E-state index is 9.42. The maximum absolute atomic E-state index is 9.42. The Morgan fingerprint density at radius 2 is 2.23 bits per heavy atom. The molecule has 3 nitrogen and oxygen atoms in total. The fourth-order valence-electron chi connectivity index (χ4n) is 1.92. The summed E-state index contributed by atoms with van der Waals surface area (Å²) in [6.07, 6.45) is 3.78. The van der Waals surface area contributed by atoms with Crippen LogP contribution in [0.4, 0.5) is 0 Å². The highest BCUT2D eigenvalue weighted by atomic mass is 16.3. The highest BCUT2D eigenvalue weighted by molar-refractivity contribution is 4.80. The van der Waals surface area contributed by atoms with Crippen LogP contribution >= 0.6 is 0 Å². The number of piperidine rings is 1. The van der Waals surface area contributed by atoms with E-state index in [0.717, 1.165) is 25.9 Å². The van der Waals surface area contributed by atoms with Gasteiger partial charge in [-0.2, -0.15) is 0 Å². The summed E-state index contributed by atoms with van der Waals surface area (Å²) in [5, 5.41) is 18.5. The van der Waals surface area contributed by atoms with Gasteiger partial charge >= 0.3 is 0 Å². The molecule has 1 rings (SSSR count). The van der Waals surface area contributed by atoms with Crippen LogP contribution in [0.2, 0.25) is 0 Å². The zero-order valence-corrected chi connectivity index (χ0v) is 8.45. The number of likely N-dealkylation sites (tertiary alicyclic amines) is 1. The minimum atomic E-state index is -0.199. The van der Waals surface area contributed by atoms with E-state index >= 15 is 0 Å². The highest BCUT2D eigenvalue weighted by Crippen LogP contribution is 2.17. The van der Waals surface area contributed by atoms with E-state index in [-0.39, 0.29) is 18.8 Å². The molecule has 2 N–H and O–H groups in total. The molecular weight excluding hydrogens is 166 g/mol. The molecule has 78 valence electrons. The van der Waals surface area contributed by atoms with Crippen molar-refractivity contribution in [1.82, 2.24) is 4.90 Å². The van der Waals surface area contributed by atoms with Crippen molar-refractivity contribution in [3.8, 4) is 0 Å². The van der Waals surface area contributed by atoms with Gasteiger partial charge in [0.05, 0.1) is 12.7 Å². The molecular formula is C10H21NO2. The number of rotatable bonds is 4. The molecule has 1 aliphatic heterocycles. The molecule has 1 heterocycles. The third-order valence-corrected chi connectivity index (χ3v) is 2.82. The van der Waals surface area contributed by atoms with Gasteiger partial charge in [-0.25, -0.2) is 0 Å². The first kappa shape index (κ1) is 11.0. The Bertz CT molecular complexity index is 139. The molecule has 0 amide bonds. The Morgan fingerprint density at radius 1 is 1.46 bits per heavy atom. The Hall–Kier alpha value is -0.120. The number of unbranched alkanes of at least 4 members (excludes halogenated alkanes) is 1. The van der Waals surface area contributed by atoms with Crippen LogP contribution in [-0.2, 0) is 0 Å². The molecule has 1 saturated heterocycles. The van der Waals surface area contributed by atoms with Gasteiger partial charge in [0.2, 0.25) is 0 Å². The molecule has 0 saturated carbocycles. The monoisotopic (exact) mass is 187 g/mol. The summed E-state index contributed by atoms with van der Waals surface area (Å²) in [6.45, 7) is 4.36. The number of hydrogen-bond donors (Lipinski definition) is 2. The van der Waals surface area contributed by atoms with Crippen LogP contribution in [0.3, 0.4) is 0 Å². The number of nitrogens with zero attached hydrogens (tertiary/aromatic N) is 1. The molecule has 0 radical (unpaired) electrons. The summed E-state index contributed by atoms with van der Waals surface area (Å²) >= 11 is 0. The first-order chi connectivity index (χ1) is 6.27. The fraction of sp³-hybridized carbons (Fsp3) is 1.00. The quantitative estimate of drug-likeness (QED) is 0.677. The standard InChI is InChI=1S/C10H21NO2/c1-2-3-5-11-6-4-10(13)7-9(11)8-12/h9-10,12-13H,2-8H2,1H3/t9?,10-/m1/s1. The van der Waals surface area contributed by atoms with Gasteiger partial charge in [-0.05, 0) is 25.8 Å². The van der Waals surface area contributed by atoms with Crippen molar-refractivity contribution in [2.24, 2.45) is 0 Å². The topological polar surface area (TPSA) is 43.7 Å². The van der Waals surface area contributed by atoms with E-state index < -0.39 is 0 Å². The Morgan fingerprint density at radius 3 is 2.85 bits per heavy atom. The molecule has 13 heavy (non-hydrogen) atoms. The second-order valence-electron chi connectivity index (χ2n) is 3.90. The lowest BCUT2D eigenvalue weighted by molar-refractivity contribution is 0.0166. The Balaban J connectivity index is 2.33.